The molecule has 0 radical (unpaired) electrons. The van der Waals surface area contributed by atoms with Gasteiger partial charge in [0.05, 0.1) is 6.21 Å². The highest BCUT2D eigenvalue weighted by molar-refractivity contribution is 6.33. The fraction of sp³-hybridized carbons (Fsp3) is 0.0714. The summed E-state index contributed by atoms with van der Waals surface area (Å²) < 4.78 is 0. The second kappa shape index (κ2) is 6.43. The highest BCUT2D eigenvalue weighted by atomic mass is 35.5. The molecule has 92 valence electrons. The van der Waals surface area contributed by atoms with Crippen LogP contribution in [0.4, 0.5) is 0 Å². The van der Waals surface area contributed by atoms with Crippen molar-refractivity contribution in [2.75, 3.05) is 0 Å². The highest BCUT2D eigenvalue weighted by Crippen LogP contribution is 2.16. The van der Waals surface area contributed by atoms with Crippen LogP contribution in [0.2, 0.25) is 10.0 Å². The van der Waals surface area contributed by atoms with Gasteiger partial charge in [-0.3, -0.25) is 0 Å². The zero-order chi connectivity index (χ0) is 12.8. The molecule has 0 aliphatic heterocycles. The van der Waals surface area contributed by atoms with Crippen LogP contribution in [0.15, 0.2) is 53.7 Å². The predicted molar refractivity (Wildman–Crippen MR) is 75.3 cm³/mol. The lowest BCUT2D eigenvalue weighted by Gasteiger charge is -2.02. The molecule has 0 heterocycles. The molecule has 0 saturated heterocycles. The Hall–Kier alpha value is -1.51. The largest absolute Gasteiger partial charge is 0.391 e. The molecular formula is C14H11Cl2NO. The van der Waals surface area contributed by atoms with Gasteiger partial charge in [0.1, 0.15) is 6.61 Å². The molecule has 0 amide bonds. The average Bonchev–Trinajstić information content (AvgIpc) is 2.38. The molecule has 0 aromatic heterocycles. The molecule has 0 spiro atoms. The van der Waals surface area contributed by atoms with E-state index in [1.54, 1.807) is 12.3 Å². The zero-order valence-electron chi connectivity index (χ0n) is 9.51. The minimum atomic E-state index is 0.334. The number of rotatable bonds is 4. The molecule has 0 aliphatic carbocycles. The van der Waals surface area contributed by atoms with Crippen molar-refractivity contribution in [2.45, 2.75) is 6.61 Å². The van der Waals surface area contributed by atoms with E-state index in [0.29, 0.717) is 16.7 Å². The summed E-state index contributed by atoms with van der Waals surface area (Å²) in [6.45, 7) is 0.334. The molecule has 0 bridgehead atoms. The van der Waals surface area contributed by atoms with Gasteiger partial charge in [-0.05, 0) is 12.1 Å². The van der Waals surface area contributed by atoms with Crippen molar-refractivity contribution in [3.8, 4) is 0 Å². The van der Waals surface area contributed by atoms with E-state index in [0.717, 1.165) is 11.1 Å². The molecule has 2 aromatic rings. The van der Waals surface area contributed by atoms with Gasteiger partial charge >= 0.3 is 0 Å². The number of hydrogen-bond donors (Lipinski definition) is 0. The molecule has 0 atom stereocenters. The Balaban J connectivity index is 1.93. The fourth-order valence-electron chi connectivity index (χ4n) is 1.40. The van der Waals surface area contributed by atoms with Crippen LogP contribution < -0.4 is 0 Å². The summed E-state index contributed by atoms with van der Waals surface area (Å²) in [6, 6.07) is 14.9. The maximum Gasteiger partial charge on any atom is 0.143 e. The Kier molecular flexibility index (Phi) is 4.62. The van der Waals surface area contributed by atoms with Gasteiger partial charge in [-0.25, -0.2) is 0 Å². The second-order valence-corrected chi connectivity index (χ2v) is 4.44. The molecule has 2 aromatic carbocycles. The monoisotopic (exact) mass is 279 g/mol. The average molecular weight is 280 g/mol. The first-order valence-electron chi connectivity index (χ1n) is 5.40. The molecular weight excluding hydrogens is 269 g/mol. The Morgan fingerprint density at radius 1 is 0.944 bits per heavy atom. The third kappa shape index (κ3) is 3.49. The van der Waals surface area contributed by atoms with Crippen LogP contribution in [0, 0.1) is 0 Å². The van der Waals surface area contributed by atoms with Gasteiger partial charge in [0.2, 0.25) is 0 Å². The maximum atomic E-state index is 5.99. The van der Waals surface area contributed by atoms with Crippen molar-refractivity contribution in [3.63, 3.8) is 0 Å². The van der Waals surface area contributed by atoms with E-state index in [2.05, 4.69) is 5.16 Å². The van der Waals surface area contributed by atoms with Crippen LogP contribution >= 0.6 is 23.2 Å². The van der Waals surface area contributed by atoms with E-state index in [1.165, 1.54) is 0 Å². The summed E-state index contributed by atoms with van der Waals surface area (Å²) in [4.78, 5) is 5.19. The van der Waals surface area contributed by atoms with Gasteiger partial charge in [0.15, 0.2) is 0 Å². The molecule has 0 aliphatic rings. The van der Waals surface area contributed by atoms with E-state index in [9.17, 15) is 0 Å². The lowest BCUT2D eigenvalue weighted by Crippen LogP contribution is -1.89. The van der Waals surface area contributed by atoms with Crippen molar-refractivity contribution in [3.05, 3.63) is 69.7 Å². The molecule has 18 heavy (non-hydrogen) atoms. The standard InChI is InChI=1S/C14H11Cl2NO/c15-13-7-3-1-5-11(13)9-17-18-10-12-6-2-4-8-14(12)16/h1-9H,10H2. The van der Waals surface area contributed by atoms with Gasteiger partial charge < -0.3 is 4.84 Å². The third-order valence-corrected chi connectivity index (χ3v) is 3.06. The van der Waals surface area contributed by atoms with Crippen molar-refractivity contribution < 1.29 is 4.84 Å². The van der Waals surface area contributed by atoms with Gasteiger partial charge in [-0.15, -0.1) is 0 Å². The van der Waals surface area contributed by atoms with Crippen LogP contribution in [-0.2, 0) is 11.4 Å². The number of benzene rings is 2. The molecule has 0 unspecified atom stereocenters. The van der Waals surface area contributed by atoms with Gasteiger partial charge in [-0.1, -0.05) is 64.8 Å². The van der Waals surface area contributed by atoms with Crippen LogP contribution in [0.5, 0.6) is 0 Å². The van der Waals surface area contributed by atoms with Gasteiger partial charge in [0, 0.05) is 21.2 Å². The SMILES string of the molecule is Clc1ccccc1C=NOCc1ccccc1Cl. The Morgan fingerprint density at radius 3 is 2.33 bits per heavy atom. The topological polar surface area (TPSA) is 21.6 Å². The third-order valence-electron chi connectivity index (χ3n) is 2.35. The quantitative estimate of drug-likeness (QED) is 0.595. The summed E-state index contributed by atoms with van der Waals surface area (Å²) in [7, 11) is 0. The Bertz CT molecular complexity index is 555. The highest BCUT2D eigenvalue weighted by Gasteiger charge is 1.98. The molecule has 2 rings (SSSR count). The normalized spacial score (nSPS) is 10.8. The van der Waals surface area contributed by atoms with Crippen molar-refractivity contribution >= 4 is 29.4 Å². The smallest absolute Gasteiger partial charge is 0.143 e. The first-order valence-corrected chi connectivity index (χ1v) is 6.16. The Morgan fingerprint density at radius 2 is 1.61 bits per heavy atom. The first kappa shape index (κ1) is 12.9. The van der Waals surface area contributed by atoms with E-state index < -0.39 is 0 Å². The summed E-state index contributed by atoms with van der Waals surface area (Å²) in [6.07, 6.45) is 1.58. The van der Waals surface area contributed by atoms with Crippen molar-refractivity contribution in [1.82, 2.24) is 0 Å². The van der Waals surface area contributed by atoms with Crippen LogP contribution in [0.3, 0.4) is 0 Å². The maximum absolute atomic E-state index is 5.99. The van der Waals surface area contributed by atoms with E-state index in [4.69, 9.17) is 28.0 Å². The summed E-state index contributed by atoms with van der Waals surface area (Å²) in [5.74, 6) is 0. The van der Waals surface area contributed by atoms with E-state index in [1.807, 2.05) is 42.5 Å². The Labute approximate surface area is 116 Å². The number of hydrogen-bond acceptors (Lipinski definition) is 2. The zero-order valence-corrected chi connectivity index (χ0v) is 11.0. The predicted octanol–water partition coefficient (Wildman–Crippen LogP) is 4.54. The van der Waals surface area contributed by atoms with Crippen LogP contribution in [0.25, 0.3) is 0 Å². The van der Waals surface area contributed by atoms with Gasteiger partial charge in [0.25, 0.3) is 0 Å². The number of oxime groups is 1. The molecule has 2 nitrogen and oxygen atoms in total. The molecule has 4 heteroatoms. The lowest BCUT2D eigenvalue weighted by atomic mass is 10.2. The number of nitrogens with zero attached hydrogens (tertiary/aromatic N) is 1. The second-order valence-electron chi connectivity index (χ2n) is 3.62. The summed E-state index contributed by atoms with van der Waals surface area (Å²) in [5.41, 5.74) is 1.72. The first-order chi connectivity index (χ1) is 8.77. The molecule has 0 fully saturated rings. The molecule has 0 saturated carbocycles. The van der Waals surface area contributed by atoms with E-state index >= 15 is 0 Å². The van der Waals surface area contributed by atoms with Crippen molar-refractivity contribution in [2.24, 2.45) is 5.16 Å². The summed E-state index contributed by atoms with van der Waals surface area (Å²) in [5, 5.41) is 5.18. The van der Waals surface area contributed by atoms with E-state index in [-0.39, 0.29) is 0 Å². The molecule has 0 N–H and O–H groups in total. The minimum Gasteiger partial charge on any atom is -0.391 e. The fourth-order valence-corrected chi connectivity index (χ4v) is 1.77. The van der Waals surface area contributed by atoms with Gasteiger partial charge in [-0.2, -0.15) is 0 Å². The van der Waals surface area contributed by atoms with Crippen LogP contribution in [-0.4, -0.2) is 6.21 Å². The summed E-state index contributed by atoms with van der Waals surface area (Å²) >= 11 is 12.0. The van der Waals surface area contributed by atoms with Crippen molar-refractivity contribution in [1.29, 1.82) is 0 Å². The minimum absolute atomic E-state index is 0.334. The van der Waals surface area contributed by atoms with Crippen LogP contribution in [0.1, 0.15) is 11.1 Å². The number of halogens is 2. The lowest BCUT2D eigenvalue weighted by molar-refractivity contribution is 0.132.